The lowest BCUT2D eigenvalue weighted by molar-refractivity contribution is -0.156. The topological polar surface area (TPSA) is 68.5 Å². The zero-order valence-electron chi connectivity index (χ0n) is 14.3. The highest BCUT2D eigenvalue weighted by Crippen LogP contribution is 2.29. The summed E-state index contributed by atoms with van der Waals surface area (Å²) in [4.78, 5) is 14.0. The molecule has 0 N–H and O–H groups in total. The Bertz CT molecular complexity index is 668. The van der Waals surface area contributed by atoms with E-state index in [4.69, 9.17) is 9.15 Å². The van der Waals surface area contributed by atoms with Crippen molar-refractivity contribution in [2.24, 2.45) is 0 Å². The molecule has 2 aromatic heterocycles. The molecule has 3 rings (SSSR count). The number of piperidine rings is 1. The fraction of sp³-hybridized carbons (Fsp3) is 0.588. The second-order valence-electron chi connectivity index (χ2n) is 7.09. The molecular formula is C17H23N3O3S. The van der Waals surface area contributed by atoms with Crippen LogP contribution in [0.25, 0.3) is 11.5 Å². The average Bonchev–Trinajstić information content (AvgIpc) is 3.17. The predicted molar refractivity (Wildman–Crippen MR) is 91.9 cm³/mol. The summed E-state index contributed by atoms with van der Waals surface area (Å²) in [5.74, 6) is 1.38. The van der Waals surface area contributed by atoms with Crippen LogP contribution in [-0.2, 0) is 9.53 Å². The van der Waals surface area contributed by atoms with E-state index in [1.807, 2.05) is 37.6 Å². The van der Waals surface area contributed by atoms with Crippen molar-refractivity contribution in [3.05, 3.63) is 22.7 Å². The van der Waals surface area contributed by atoms with E-state index < -0.39 is 5.60 Å². The van der Waals surface area contributed by atoms with Crippen LogP contribution >= 0.6 is 11.3 Å². The Labute approximate surface area is 145 Å². The molecule has 2 aromatic rings. The highest BCUT2D eigenvalue weighted by atomic mass is 32.1. The van der Waals surface area contributed by atoms with Gasteiger partial charge in [0.15, 0.2) is 0 Å². The minimum absolute atomic E-state index is 0.168. The Morgan fingerprint density at radius 3 is 2.75 bits per heavy atom. The number of nitrogens with zero attached hydrogens (tertiary/aromatic N) is 3. The van der Waals surface area contributed by atoms with Gasteiger partial charge < -0.3 is 9.15 Å². The second-order valence-corrected chi connectivity index (χ2v) is 7.87. The van der Waals surface area contributed by atoms with Crippen molar-refractivity contribution < 1.29 is 13.9 Å². The molecule has 1 saturated heterocycles. The van der Waals surface area contributed by atoms with Crippen LogP contribution in [0.15, 0.2) is 21.2 Å². The quantitative estimate of drug-likeness (QED) is 0.789. The van der Waals surface area contributed by atoms with E-state index >= 15 is 0 Å². The number of hydrogen-bond donors (Lipinski definition) is 0. The van der Waals surface area contributed by atoms with Gasteiger partial charge in [0, 0.05) is 16.9 Å². The molecule has 0 aromatic carbocycles. The largest absolute Gasteiger partial charge is 0.459 e. The lowest BCUT2D eigenvalue weighted by Gasteiger charge is -2.30. The number of carbonyl (C=O) groups is 1. The van der Waals surface area contributed by atoms with Gasteiger partial charge in [-0.05, 0) is 58.1 Å². The molecule has 1 aliphatic heterocycles. The third kappa shape index (κ3) is 4.42. The predicted octanol–water partition coefficient (Wildman–Crippen LogP) is 3.32. The van der Waals surface area contributed by atoms with Crippen LogP contribution < -0.4 is 0 Å². The van der Waals surface area contributed by atoms with Crippen molar-refractivity contribution in [3.8, 4) is 11.5 Å². The van der Waals surface area contributed by atoms with Crippen molar-refractivity contribution in [1.29, 1.82) is 0 Å². The molecule has 0 amide bonds. The van der Waals surface area contributed by atoms with Crippen molar-refractivity contribution >= 4 is 17.3 Å². The molecule has 0 aliphatic carbocycles. The number of thiophene rings is 1. The zero-order valence-corrected chi connectivity index (χ0v) is 15.1. The van der Waals surface area contributed by atoms with Gasteiger partial charge in [0.05, 0.1) is 6.54 Å². The summed E-state index contributed by atoms with van der Waals surface area (Å²) in [5.41, 5.74) is 0.540. The first-order chi connectivity index (χ1) is 11.4. The Morgan fingerprint density at radius 1 is 1.38 bits per heavy atom. The Hall–Kier alpha value is -1.73. The van der Waals surface area contributed by atoms with Crippen molar-refractivity contribution in [1.82, 2.24) is 15.1 Å². The Balaban J connectivity index is 1.51. The fourth-order valence-electron chi connectivity index (χ4n) is 2.80. The van der Waals surface area contributed by atoms with Gasteiger partial charge in [0.1, 0.15) is 5.60 Å². The summed E-state index contributed by atoms with van der Waals surface area (Å²) < 4.78 is 11.2. The summed E-state index contributed by atoms with van der Waals surface area (Å²) in [7, 11) is 0. The van der Waals surface area contributed by atoms with Crippen LogP contribution in [-0.4, -0.2) is 46.3 Å². The molecule has 6 nitrogen and oxygen atoms in total. The van der Waals surface area contributed by atoms with Crippen molar-refractivity contribution in [3.63, 3.8) is 0 Å². The van der Waals surface area contributed by atoms with Crippen LogP contribution in [0.1, 0.15) is 45.4 Å². The number of ether oxygens (including phenoxy) is 1. The molecule has 0 bridgehead atoms. The van der Waals surface area contributed by atoms with E-state index in [0.717, 1.165) is 31.5 Å². The van der Waals surface area contributed by atoms with Gasteiger partial charge in [-0.3, -0.25) is 9.69 Å². The number of hydrogen-bond acceptors (Lipinski definition) is 7. The highest BCUT2D eigenvalue weighted by Gasteiger charge is 2.27. The lowest BCUT2D eigenvalue weighted by atomic mass is 9.97. The van der Waals surface area contributed by atoms with Gasteiger partial charge in [-0.2, -0.15) is 11.3 Å². The van der Waals surface area contributed by atoms with Gasteiger partial charge in [-0.1, -0.05) is 0 Å². The average molecular weight is 349 g/mol. The maximum Gasteiger partial charge on any atom is 0.320 e. The van der Waals surface area contributed by atoms with Gasteiger partial charge in [0.2, 0.25) is 11.8 Å². The van der Waals surface area contributed by atoms with Gasteiger partial charge in [-0.15, -0.1) is 10.2 Å². The van der Waals surface area contributed by atoms with Crippen LogP contribution in [0, 0.1) is 0 Å². The van der Waals surface area contributed by atoms with E-state index in [9.17, 15) is 4.79 Å². The van der Waals surface area contributed by atoms with Gasteiger partial charge in [0.25, 0.3) is 0 Å². The standard InChI is InChI=1S/C17H23N3O3S/c1-17(2,3)23-14(21)10-20-7-4-12(5-8-20)15-18-19-16(22-15)13-6-9-24-11-13/h6,9,11-12H,4-5,7-8,10H2,1-3H3. The number of esters is 1. The maximum atomic E-state index is 11.9. The Morgan fingerprint density at radius 2 is 2.12 bits per heavy atom. The maximum absolute atomic E-state index is 11.9. The summed E-state index contributed by atoms with van der Waals surface area (Å²) >= 11 is 1.61. The van der Waals surface area contributed by atoms with Gasteiger partial charge >= 0.3 is 5.97 Å². The minimum atomic E-state index is -0.433. The molecule has 0 radical (unpaired) electrons. The molecule has 1 fully saturated rings. The van der Waals surface area contributed by atoms with Crippen LogP contribution in [0.3, 0.4) is 0 Å². The van der Waals surface area contributed by atoms with Crippen LogP contribution in [0.4, 0.5) is 0 Å². The first kappa shape index (κ1) is 17.1. The van der Waals surface area contributed by atoms with E-state index in [1.165, 1.54) is 0 Å². The third-order valence-corrected chi connectivity index (χ3v) is 4.60. The second kappa shape index (κ2) is 7.03. The van der Waals surface area contributed by atoms with E-state index in [2.05, 4.69) is 15.1 Å². The van der Waals surface area contributed by atoms with E-state index in [0.29, 0.717) is 18.3 Å². The number of rotatable bonds is 4. The zero-order chi connectivity index (χ0) is 17.2. The minimum Gasteiger partial charge on any atom is -0.459 e. The molecule has 24 heavy (non-hydrogen) atoms. The number of aromatic nitrogens is 2. The first-order valence-electron chi connectivity index (χ1n) is 8.21. The molecule has 0 atom stereocenters. The van der Waals surface area contributed by atoms with Gasteiger partial charge in [-0.25, -0.2) is 0 Å². The summed E-state index contributed by atoms with van der Waals surface area (Å²) in [6.07, 6.45) is 1.82. The van der Waals surface area contributed by atoms with Crippen molar-refractivity contribution in [2.75, 3.05) is 19.6 Å². The molecule has 130 valence electrons. The fourth-order valence-corrected chi connectivity index (χ4v) is 3.43. The third-order valence-electron chi connectivity index (χ3n) is 3.92. The normalized spacial score (nSPS) is 17.1. The summed E-state index contributed by atoms with van der Waals surface area (Å²) in [6, 6.07) is 1.98. The molecule has 3 heterocycles. The summed E-state index contributed by atoms with van der Waals surface area (Å²) in [5, 5.41) is 12.3. The smallest absolute Gasteiger partial charge is 0.320 e. The molecule has 0 spiro atoms. The number of carbonyl (C=O) groups excluding carboxylic acids is 1. The lowest BCUT2D eigenvalue weighted by Crippen LogP contribution is -2.39. The molecular weight excluding hydrogens is 326 g/mol. The monoisotopic (exact) mass is 349 g/mol. The molecule has 0 saturated carbocycles. The molecule has 1 aliphatic rings. The van der Waals surface area contributed by atoms with Crippen molar-refractivity contribution in [2.45, 2.75) is 45.1 Å². The number of likely N-dealkylation sites (tertiary alicyclic amines) is 1. The summed E-state index contributed by atoms with van der Waals surface area (Å²) in [6.45, 7) is 7.67. The van der Waals surface area contributed by atoms with Crippen LogP contribution in [0.2, 0.25) is 0 Å². The Kier molecular flexibility index (Phi) is 5.01. The molecule has 7 heteroatoms. The molecule has 0 unspecified atom stereocenters. The van der Waals surface area contributed by atoms with E-state index in [1.54, 1.807) is 11.3 Å². The van der Waals surface area contributed by atoms with Crippen LogP contribution in [0.5, 0.6) is 0 Å². The SMILES string of the molecule is CC(C)(C)OC(=O)CN1CCC(c2nnc(-c3ccsc3)o2)CC1. The first-order valence-corrected chi connectivity index (χ1v) is 9.15. The highest BCUT2D eigenvalue weighted by molar-refractivity contribution is 7.08. The van der Waals surface area contributed by atoms with E-state index in [-0.39, 0.29) is 11.9 Å².